The van der Waals surface area contributed by atoms with E-state index >= 15 is 0 Å². The molecule has 0 saturated heterocycles. The minimum atomic E-state index is -1.41. The monoisotopic (exact) mass is 506 g/mol. The number of hydrogen-bond donors (Lipinski definition) is 2. The molecule has 8 nitrogen and oxygen atoms in total. The van der Waals surface area contributed by atoms with E-state index in [1.165, 1.54) is 57.6 Å². The van der Waals surface area contributed by atoms with Gasteiger partial charge >= 0.3 is 0 Å². The van der Waals surface area contributed by atoms with E-state index in [2.05, 4.69) is 15.6 Å². The van der Waals surface area contributed by atoms with Gasteiger partial charge in [-0.2, -0.15) is 0 Å². The molecule has 0 bridgehead atoms. The van der Waals surface area contributed by atoms with Gasteiger partial charge in [0.05, 0.1) is 0 Å². The van der Waals surface area contributed by atoms with Crippen LogP contribution in [-0.2, 0) is 24.2 Å². The van der Waals surface area contributed by atoms with Gasteiger partial charge in [-0.25, -0.2) is 0 Å². The van der Waals surface area contributed by atoms with Crippen LogP contribution in [0, 0.1) is 5.92 Å². The minimum absolute atomic E-state index is 0.0662. The van der Waals surface area contributed by atoms with Crippen LogP contribution in [-0.4, -0.2) is 32.8 Å². The van der Waals surface area contributed by atoms with E-state index in [0.717, 1.165) is 62.6 Å². The van der Waals surface area contributed by atoms with Crippen LogP contribution in [0.15, 0.2) is 35.4 Å². The largest absolute Gasteiger partial charge is 0.338 e. The number of fused-ring (bicyclic) bond motifs is 1. The summed E-state index contributed by atoms with van der Waals surface area (Å²) in [6.45, 7) is 3.69. The molecule has 0 atom stereocenters. The topological polar surface area (TPSA) is 110 Å². The van der Waals surface area contributed by atoms with Crippen molar-refractivity contribution in [1.29, 1.82) is 0 Å². The Morgan fingerprint density at radius 2 is 1.59 bits per heavy atom. The van der Waals surface area contributed by atoms with Crippen molar-refractivity contribution in [2.24, 2.45) is 5.92 Å². The molecule has 1 fully saturated rings. The standard InChI is InChI=1S/C29H38N4O4/c1-29(2,28(37)31-25(34)21-14-16-30-17-15-21)32-26(35)23-18-22-12-8-3-4-9-13-24(22)33(27(23)36)19-20-10-6-5-7-11-20/h14-18,20H,3-13,19H2,1-2H3,(H,32,35)(H,31,34,37). The van der Waals surface area contributed by atoms with Gasteiger partial charge in [0.1, 0.15) is 11.1 Å². The van der Waals surface area contributed by atoms with Crippen molar-refractivity contribution in [2.45, 2.75) is 96.6 Å². The number of nitrogens with zero attached hydrogens (tertiary/aromatic N) is 2. The highest BCUT2D eigenvalue weighted by atomic mass is 16.2. The molecule has 0 unspecified atom stereocenters. The number of carbonyl (C=O) groups is 3. The van der Waals surface area contributed by atoms with E-state index in [4.69, 9.17) is 0 Å². The second-order valence-electron chi connectivity index (χ2n) is 11.0. The molecule has 2 aromatic rings. The zero-order valence-corrected chi connectivity index (χ0v) is 22.0. The molecule has 37 heavy (non-hydrogen) atoms. The molecular weight excluding hydrogens is 468 g/mol. The SMILES string of the molecule is CC(C)(NC(=O)c1cc2c(n(CC3CCCCC3)c1=O)CCCCCC2)C(=O)NC(=O)c1ccncc1. The van der Waals surface area contributed by atoms with Crippen LogP contribution in [0.3, 0.4) is 0 Å². The molecular formula is C29H38N4O4. The first-order valence-electron chi connectivity index (χ1n) is 13.6. The van der Waals surface area contributed by atoms with Crippen molar-refractivity contribution in [3.05, 3.63) is 63.3 Å². The highest BCUT2D eigenvalue weighted by Gasteiger charge is 2.33. The third kappa shape index (κ3) is 6.53. The first-order valence-corrected chi connectivity index (χ1v) is 13.6. The normalized spacial score (nSPS) is 16.7. The highest BCUT2D eigenvalue weighted by Crippen LogP contribution is 2.27. The zero-order chi connectivity index (χ0) is 26.4. The number of aromatic nitrogens is 2. The van der Waals surface area contributed by atoms with Gasteiger partial charge in [-0.05, 0) is 82.1 Å². The van der Waals surface area contributed by atoms with Crippen LogP contribution in [0.5, 0.6) is 0 Å². The van der Waals surface area contributed by atoms with Crippen molar-refractivity contribution in [2.75, 3.05) is 0 Å². The van der Waals surface area contributed by atoms with Crippen LogP contribution in [0.25, 0.3) is 0 Å². The summed E-state index contributed by atoms with van der Waals surface area (Å²) in [5, 5.41) is 5.04. The second-order valence-corrected chi connectivity index (χ2v) is 11.0. The average Bonchev–Trinajstić information content (AvgIpc) is 2.87. The van der Waals surface area contributed by atoms with E-state index < -0.39 is 23.3 Å². The Morgan fingerprint density at radius 1 is 0.946 bits per heavy atom. The van der Waals surface area contributed by atoms with Crippen LogP contribution < -0.4 is 16.2 Å². The summed E-state index contributed by atoms with van der Waals surface area (Å²) in [4.78, 5) is 56.4. The first kappa shape index (κ1) is 26.8. The molecule has 0 aliphatic heterocycles. The number of hydrogen-bond acceptors (Lipinski definition) is 5. The number of rotatable bonds is 6. The Kier molecular flexibility index (Phi) is 8.56. The number of amides is 3. The van der Waals surface area contributed by atoms with Crippen LogP contribution in [0.4, 0.5) is 0 Å². The molecule has 2 aliphatic carbocycles. The Hall–Kier alpha value is -3.29. The fourth-order valence-corrected chi connectivity index (χ4v) is 5.46. The van der Waals surface area contributed by atoms with Crippen LogP contribution >= 0.6 is 0 Å². The number of pyridine rings is 2. The molecule has 8 heteroatoms. The highest BCUT2D eigenvalue weighted by molar-refractivity contribution is 6.08. The van der Waals surface area contributed by atoms with Gasteiger partial charge < -0.3 is 9.88 Å². The fourth-order valence-electron chi connectivity index (χ4n) is 5.46. The molecule has 0 radical (unpaired) electrons. The summed E-state index contributed by atoms with van der Waals surface area (Å²) in [6, 6.07) is 4.74. The number of carbonyl (C=O) groups excluding carboxylic acids is 3. The molecule has 2 N–H and O–H groups in total. The average molecular weight is 507 g/mol. The van der Waals surface area contributed by atoms with E-state index in [9.17, 15) is 19.2 Å². The Balaban J connectivity index is 1.58. The van der Waals surface area contributed by atoms with Gasteiger partial charge in [0, 0.05) is 30.2 Å². The summed E-state index contributed by atoms with van der Waals surface area (Å²) in [6.07, 6.45) is 14.8. The van der Waals surface area contributed by atoms with E-state index in [1.807, 2.05) is 4.57 Å². The predicted octanol–water partition coefficient (Wildman–Crippen LogP) is 3.95. The van der Waals surface area contributed by atoms with Crippen molar-refractivity contribution < 1.29 is 14.4 Å². The second kappa shape index (κ2) is 11.8. The fraction of sp³-hybridized carbons (Fsp3) is 0.552. The van der Waals surface area contributed by atoms with Gasteiger partial charge in [-0.15, -0.1) is 0 Å². The molecule has 2 aromatic heterocycles. The van der Waals surface area contributed by atoms with Crippen molar-refractivity contribution in [3.63, 3.8) is 0 Å². The summed E-state index contributed by atoms with van der Waals surface area (Å²) in [5.74, 6) is -1.38. The van der Waals surface area contributed by atoms with Crippen LogP contribution in [0.2, 0.25) is 0 Å². The van der Waals surface area contributed by atoms with Gasteiger partial charge in [-0.3, -0.25) is 29.5 Å². The van der Waals surface area contributed by atoms with Crippen molar-refractivity contribution in [3.8, 4) is 0 Å². The number of aryl methyl sites for hydroxylation is 1. The number of imide groups is 1. The van der Waals surface area contributed by atoms with E-state index in [1.54, 1.807) is 6.07 Å². The first-order chi connectivity index (χ1) is 17.8. The lowest BCUT2D eigenvalue weighted by Gasteiger charge is -2.28. The third-order valence-electron chi connectivity index (χ3n) is 7.67. The predicted molar refractivity (Wildman–Crippen MR) is 141 cm³/mol. The molecule has 3 amide bonds. The van der Waals surface area contributed by atoms with Gasteiger partial charge in [0.25, 0.3) is 23.3 Å². The summed E-state index contributed by atoms with van der Waals surface area (Å²) in [7, 11) is 0. The maximum atomic E-state index is 13.7. The van der Waals surface area contributed by atoms with E-state index in [0.29, 0.717) is 12.5 Å². The zero-order valence-electron chi connectivity index (χ0n) is 22.0. The smallest absolute Gasteiger partial charge is 0.263 e. The summed E-state index contributed by atoms with van der Waals surface area (Å²) in [5.41, 5.74) is 0.799. The Morgan fingerprint density at radius 3 is 2.30 bits per heavy atom. The quantitative estimate of drug-likeness (QED) is 0.617. The summed E-state index contributed by atoms with van der Waals surface area (Å²) >= 11 is 0. The van der Waals surface area contributed by atoms with Crippen molar-refractivity contribution in [1.82, 2.24) is 20.2 Å². The van der Waals surface area contributed by atoms with E-state index in [-0.39, 0.29) is 16.7 Å². The molecule has 0 aromatic carbocycles. The molecule has 4 rings (SSSR count). The lowest BCUT2D eigenvalue weighted by atomic mass is 9.88. The van der Waals surface area contributed by atoms with Crippen LogP contribution in [0.1, 0.15) is 104 Å². The number of nitrogens with one attached hydrogen (secondary N) is 2. The maximum Gasteiger partial charge on any atom is 0.263 e. The maximum absolute atomic E-state index is 13.7. The molecule has 0 spiro atoms. The lowest BCUT2D eigenvalue weighted by Crippen LogP contribution is -2.56. The summed E-state index contributed by atoms with van der Waals surface area (Å²) < 4.78 is 1.87. The molecule has 198 valence electrons. The van der Waals surface area contributed by atoms with Gasteiger partial charge in [-0.1, -0.05) is 32.1 Å². The molecule has 2 heterocycles. The third-order valence-corrected chi connectivity index (χ3v) is 7.67. The molecule has 2 aliphatic rings. The minimum Gasteiger partial charge on any atom is -0.338 e. The van der Waals surface area contributed by atoms with Gasteiger partial charge in [0.2, 0.25) is 0 Å². The van der Waals surface area contributed by atoms with Crippen molar-refractivity contribution >= 4 is 17.7 Å². The lowest BCUT2D eigenvalue weighted by molar-refractivity contribution is -0.125. The van der Waals surface area contributed by atoms with Gasteiger partial charge in [0.15, 0.2) is 0 Å². The molecule has 1 saturated carbocycles. The Bertz CT molecular complexity index is 1200. The Labute approximate surface area is 218 Å².